The molecule has 0 atom stereocenters. The highest BCUT2D eigenvalue weighted by atomic mass is 16.4. The number of nitrogens with zero attached hydrogens (tertiary/aromatic N) is 2. The Morgan fingerprint density at radius 2 is 1.57 bits per heavy atom. The molecule has 0 aliphatic carbocycles. The lowest BCUT2D eigenvalue weighted by Crippen LogP contribution is -2.06. The zero-order valence-corrected chi connectivity index (χ0v) is 14.7. The zero-order chi connectivity index (χ0) is 19.7. The van der Waals surface area contributed by atoms with Crippen molar-refractivity contribution in [3.63, 3.8) is 0 Å². The summed E-state index contributed by atoms with van der Waals surface area (Å²) in [5, 5.41) is 18.9. The van der Waals surface area contributed by atoms with Gasteiger partial charge in [-0.1, -0.05) is 48.5 Å². The van der Waals surface area contributed by atoms with Gasteiger partial charge in [0.1, 0.15) is 5.82 Å². The molecule has 0 spiro atoms. The second kappa shape index (κ2) is 7.00. The quantitative estimate of drug-likeness (QED) is 0.549. The van der Waals surface area contributed by atoms with E-state index in [9.17, 15) is 19.8 Å². The van der Waals surface area contributed by atoms with Crippen LogP contribution in [0.25, 0.3) is 22.4 Å². The van der Waals surface area contributed by atoms with Gasteiger partial charge < -0.3 is 14.8 Å². The highest BCUT2D eigenvalue weighted by molar-refractivity contribution is 5.97. The highest BCUT2D eigenvalue weighted by Gasteiger charge is 2.19. The molecular weight excluding hydrogens is 356 g/mol. The Kier molecular flexibility index (Phi) is 4.37. The van der Waals surface area contributed by atoms with Gasteiger partial charge in [0.15, 0.2) is 0 Å². The lowest BCUT2D eigenvalue weighted by atomic mass is 10.1. The average molecular weight is 372 g/mol. The van der Waals surface area contributed by atoms with Crippen molar-refractivity contribution in [1.29, 1.82) is 0 Å². The van der Waals surface area contributed by atoms with Crippen LogP contribution in [0.4, 0.5) is 0 Å². The Balaban J connectivity index is 1.97. The summed E-state index contributed by atoms with van der Waals surface area (Å²) in [7, 11) is 0. The van der Waals surface area contributed by atoms with E-state index >= 15 is 0 Å². The van der Waals surface area contributed by atoms with E-state index in [0.717, 1.165) is 11.1 Å². The standard InChI is InChI=1S/C22H16N2O4/c25-21(26)15-10-11-19-18(12-15)23-20(16-8-4-5-9-17(16)22(27)28)24(19)13-14-6-2-1-3-7-14/h1-12H,13H2,(H,25,26)(H,27,28). The van der Waals surface area contributed by atoms with Gasteiger partial charge in [-0.25, -0.2) is 14.6 Å². The second-order valence-electron chi connectivity index (χ2n) is 6.37. The van der Waals surface area contributed by atoms with E-state index in [2.05, 4.69) is 4.98 Å². The Morgan fingerprint density at radius 3 is 2.29 bits per heavy atom. The van der Waals surface area contributed by atoms with Crippen LogP contribution in [0.5, 0.6) is 0 Å². The van der Waals surface area contributed by atoms with Gasteiger partial charge in [0.2, 0.25) is 0 Å². The van der Waals surface area contributed by atoms with Gasteiger partial charge in [0.05, 0.1) is 22.2 Å². The SMILES string of the molecule is O=C(O)c1ccc2c(c1)nc(-c1ccccc1C(=O)O)n2Cc1ccccc1. The normalized spacial score (nSPS) is 10.9. The van der Waals surface area contributed by atoms with Crippen molar-refractivity contribution < 1.29 is 19.8 Å². The third-order valence-corrected chi connectivity index (χ3v) is 4.58. The van der Waals surface area contributed by atoms with Crippen molar-refractivity contribution in [2.45, 2.75) is 6.54 Å². The molecule has 0 unspecified atom stereocenters. The molecule has 1 aromatic heterocycles. The third-order valence-electron chi connectivity index (χ3n) is 4.58. The van der Waals surface area contributed by atoms with Crippen LogP contribution in [0.3, 0.4) is 0 Å². The van der Waals surface area contributed by atoms with Crippen LogP contribution in [0, 0.1) is 0 Å². The fourth-order valence-electron chi connectivity index (χ4n) is 3.26. The molecule has 0 bridgehead atoms. The zero-order valence-electron chi connectivity index (χ0n) is 14.7. The van der Waals surface area contributed by atoms with Crippen LogP contribution in [-0.4, -0.2) is 31.7 Å². The predicted octanol–water partition coefficient (Wildman–Crippen LogP) is 4.15. The van der Waals surface area contributed by atoms with Gasteiger partial charge in [-0.05, 0) is 29.8 Å². The van der Waals surface area contributed by atoms with Gasteiger partial charge in [-0.2, -0.15) is 0 Å². The van der Waals surface area contributed by atoms with E-state index in [4.69, 9.17) is 0 Å². The minimum Gasteiger partial charge on any atom is -0.478 e. The van der Waals surface area contributed by atoms with Crippen molar-refractivity contribution in [1.82, 2.24) is 9.55 Å². The third kappa shape index (κ3) is 3.12. The highest BCUT2D eigenvalue weighted by Crippen LogP contribution is 2.29. The molecule has 0 saturated heterocycles. The average Bonchev–Trinajstić information content (AvgIpc) is 3.06. The Bertz CT molecular complexity index is 1200. The first-order chi connectivity index (χ1) is 13.5. The van der Waals surface area contributed by atoms with E-state index in [-0.39, 0.29) is 11.1 Å². The first kappa shape index (κ1) is 17.5. The fourth-order valence-corrected chi connectivity index (χ4v) is 3.26. The molecule has 138 valence electrons. The number of aromatic carboxylic acids is 2. The van der Waals surface area contributed by atoms with E-state index in [1.54, 1.807) is 24.3 Å². The molecular formula is C22H16N2O4. The largest absolute Gasteiger partial charge is 0.478 e. The molecule has 28 heavy (non-hydrogen) atoms. The van der Waals surface area contributed by atoms with Crippen LogP contribution >= 0.6 is 0 Å². The molecule has 0 amide bonds. The van der Waals surface area contributed by atoms with Gasteiger partial charge in [0.25, 0.3) is 0 Å². The van der Waals surface area contributed by atoms with Crippen molar-refractivity contribution >= 4 is 23.0 Å². The lowest BCUT2D eigenvalue weighted by molar-refractivity contribution is 0.0686. The van der Waals surface area contributed by atoms with Crippen LogP contribution in [0.1, 0.15) is 26.3 Å². The molecule has 4 aromatic rings. The van der Waals surface area contributed by atoms with E-state index < -0.39 is 11.9 Å². The van der Waals surface area contributed by atoms with Crippen molar-refractivity contribution in [2.75, 3.05) is 0 Å². The van der Waals surface area contributed by atoms with E-state index in [1.165, 1.54) is 18.2 Å². The van der Waals surface area contributed by atoms with E-state index in [0.29, 0.717) is 23.4 Å². The number of carbonyl (C=O) groups is 2. The molecule has 0 fully saturated rings. The predicted molar refractivity (Wildman–Crippen MR) is 105 cm³/mol. The van der Waals surface area contributed by atoms with Crippen molar-refractivity contribution in [3.8, 4) is 11.4 Å². The van der Waals surface area contributed by atoms with E-state index in [1.807, 2.05) is 34.9 Å². The van der Waals surface area contributed by atoms with Gasteiger partial charge in [-0.15, -0.1) is 0 Å². The summed E-state index contributed by atoms with van der Waals surface area (Å²) in [6, 6.07) is 21.2. The summed E-state index contributed by atoms with van der Waals surface area (Å²) >= 11 is 0. The Hall–Kier alpha value is -3.93. The summed E-state index contributed by atoms with van der Waals surface area (Å²) in [5.41, 5.74) is 3.03. The summed E-state index contributed by atoms with van der Waals surface area (Å²) in [6.45, 7) is 0.479. The molecule has 1 heterocycles. The topological polar surface area (TPSA) is 92.4 Å². The molecule has 6 nitrogen and oxygen atoms in total. The molecule has 2 N–H and O–H groups in total. The van der Waals surface area contributed by atoms with Crippen LogP contribution < -0.4 is 0 Å². The second-order valence-corrected chi connectivity index (χ2v) is 6.37. The smallest absolute Gasteiger partial charge is 0.336 e. The lowest BCUT2D eigenvalue weighted by Gasteiger charge is -2.11. The Morgan fingerprint density at radius 1 is 0.857 bits per heavy atom. The monoisotopic (exact) mass is 372 g/mol. The van der Waals surface area contributed by atoms with Crippen LogP contribution in [0.15, 0.2) is 72.8 Å². The Labute approximate surface area is 160 Å². The number of aromatic nitrogens is 2. The number of imidazole rings is 1. The first-order valence-corrected chi connectivity index (χ1v) is 8.65. The molecule has 0 saturated carbocycles. The van der Waals surface area contributed by atoms with Gasteiger partial charge in [-0.3, -0.25) is 0 Å². The number of hydrogen-bond donors (Lipinski definition) is 2. The minimum absolute atomic E-state index is 0.134. The van der Waals surface area contributed by atoms with Gasteiger partial charge >= 0.3 is 11.9 Å². The maximum Gasteiger partial charge on any atom is 0.336 e. The maximum atomic E-state index is 11.7. The number of fused-ring (bicyclic) bond motifs is 1. The minimum atomic E-state index is -1.04. The fraction of sp³-hybridized carbons (Fsp3) is 0.0455. The number of hydrogen-bond acceptors (Lipinski definition) is 3. The molecule has 6 heteroatoms. The molecule has 3 aromatic carbocycles. The first-order valence-electron chi connectivity index (χ1n) is 8.65. The summed E-state index contributed by atoms with van der Waals surface area (Å²) in [6.07, 6.45) is 0. The van der Waals surface area contributed by atoms with Crippen molar-refractivity contribution in [2.24, 2.45) is 0 Å². The molecule has 0 radical (unpaired) electrons. The molecule has 0 aliphatic heterocycles. The van der Waals surface area contributed by atoms with Crippen molar-refractivity contribution in [3.05, 3.63) is 89.5 Å². The number of carboxylic acid groups (broad SMARTS) is 2. The maximum absolute atomic E-state index is 11.7. The van der Waals surface area contributed by atoms with Crippen LogP contribution in [-0.2, 0) is 6.54 Å². The van der Waals surface area contributed by atoms with Gasteiger partial charge in [0, 0.05) is 12.1 Å². The summed E-state index contributed by atoms with van der Waals surface area (Å²) in [5.74, 6) is -1.59. The number of rotatable bonds is 5. The summed E-state index contributed by atoms with van der Waals surface area (Å²) in [4.78, 5) is 27.6. The van der Waals surface area contributed by atoms with Crippen LogP contribution in [0.2, 0.25) is 0 Å². The number of benzene rings is 3. The number of carboxylic acids is 2. The molecule has 0 aliphatic rings. The molecule has 4 rings (SSSR count). The summed E-state index contributed by atoms with van der Waals surface area (Å²) < 4.78 is 1.91.